The summed E-state index contributed by atoms with van der Waals surface area (Å²) in [5.41, 5.74) is -0.0635. The van der Waals surface area contributed by atoms with Crippen LogP contribution in [-0.2, 0) is 22.0 Å². The minimum atomic E-state index is -3.07. The van der Waals surface area contributed by atoms with Gasteiger partial charge in [0.2, 0.25) is 15.9 Å². The van der Waals surface area contributed by atoms with E-state index in [1.807, 2.05) is 0 Å². The summed E-state index contributed by atoms with van der Waals surface area (Å²) in [6, 6.07) is 0. The maximum atomic E-state index is 11.6. The fourth-order valence-electron chi connectivity index (χ4n) is 2.80. The van der Waals surface area contributed by atoms with Gasteiger partial charge in [-0.2, -0.15) is 0 Å². The van der Waals surface area contributed by atoms with E-state index in [-0.39, 0.29) is 5.41 Å². The first-order valence-electron chi connectivity index (χ1n) is 8.94. The molecule has 1 aromatic rings. The molecule has 2 rings (SSSR count). The summed E-state index contributed by atoms with van der Waals surface area (Å²) < 4.78 is 30.4. The number of piperidine rings is 1. The van der Waals surface area contributed by atoms with Crippen molar-refractivity contribution < 1.29 is 12.8 Å². The highest BCUT2D eigenvalue weighted by atomic mass is 32.2. The molecule has 1 aliphatic rings. The van der Waals surface area contributed by atoms with E-state index in [9.17, 15) is 8.42 Å². The van der Waals surface area contributed by atoms with E-state index < -0.39 is 10.0 Å². The van der Waals surface area contributed by atoms with E-state index in [1.165, 1.54) is 6.26 Å². The number of aromatic nitrogens is 1. The van der Waals surface area contributed by atoms with Crippen molar-refractivity contribution in [3.63, 3.8) is 0 Å². The molecule has 1 saturated heterocycles. The van der Waals surface area contributed by atoms with Gasteiger partial charge in [-0.3, -0.25) is 4.99 Å². The smallest absolute Gasteiger partial charge is 0.213 e. The van der Waals surface area contributed by atoms with Gasteiger partial charge in [-0.05, 0) is 18.8 Å². The second-order valence-corrected chi connectivity index (χ2v) is 9.76. The molecule has 2 heterocycles. The van der Waals surface area contributed by atoms with Crippen LogP contribution < -0.4 is 10.6 Å². The van der Waals surface area contributed by atoms with Crippen molar-refractivity contribution in [2.75, 3.05) is 32.9 Å². The number of sulfonamides is 1. The maximum Gasteiger partial charge on any atom is 0.213 e. The minimum absolute atomic E-state index is 0.0635. The second-order valence-electron chi connectivity index (χ2n) is 7.78. The van der Waals surface area contributed by atoms with Crippen LogP contribution in [0.15, 0.2) is 15.6 Å². The lowest BCUT2D eigenvalue weighted by Gasteiger charge is -2.30. The van der Waals surface area contributed by atoms with Crippen LogP contribution in [0, 0.1) is 5.92 Å². The summed E-state index contributed by atoms with van der Waals surface area (Å²) in [6.45, 7) is 8.64. The third-order valence-corrected chi connectivity index (χ3v) is 5.83. The van der Waals surface area contributed by atoms with Crippen molar-refractivity contribution in [1.82, 2.24) is 19.9 Å². The van der Waals surface area contributed by atoms with E-state index in [0.29, 0.717) is 37.4 Å². The Hall–Kier alpha value is -1.61. The number of rotatable bonds is 5. The first-order chi connectivity index (χ1) is 12.1. The van der Waals surface area contributed by atoms with Gasteiger partial charge in [0.05, 0.1) is 19.0 Å². The van der Waals surface area contributed by atoms with Gasteiger partial charge in [0.25, 0.3) is 0 Å². The van der Waals surface area contributed by atoms with Crippen molar-refractivity contribution in [3.8, 4) is 0 Å². The molecule has 0 atom stereocenters. The zero-order chi connectivity index (χ0) is 19.4. The van der Waals surface area contributed by atoms with Crippen LogP contribution in [0.25, 0.3) is 0 Å². The minimum Gasteiger partial charge on any atom is -0.443 e. The van der Waals surface area contributed by atoms with Crippen LogP contribution >= 0.6 is 0 Å². The topological polar surface area (TPSA) is 99.8 Å². The molecule has 0 saturated carbocycles. The van der Waals surface area contributed by atoms with Crippen molar-refractivity contribution in [3.05, 3.63) is 17.8 Å². The summed E-state index contributed by atoms with van der Waals surface area (Å²) in [5, 5.41) is 6.50. The van der Waals surface area contributed by atoms with Crippen LogP contribution in [0.4, 0.5) is 0 Å². The van der Waals surface area contributed by atoms with Crippen LogP contribution in [0.3, 0.4) is 0 Å². The van der Waals surface area contributed by atoms with Crippen molar-refractivity contribution >= 4 is 16.0 Å². The molecule has 0 amide bonds. The molecule has 1 aliphatic heterocycles. The fourth-order valence-corrected chi connectivity index (χ4v) is 3.68. The first kappa shape index (κ1) is 20.7. The normalized spacial score (nSPS) is 18.1. The monoisotopic (exact) mass is 385 g/mol. The average Bonchev–Trinajstić information content (AvgIpc) is 3.04. The molecule has 0 bridgehead atoms. The second kappa shape index (κ2) is 8.39. The average molecular weight is 386 g/mol. The zero-order valence-corrected chi connectivity index (χ0v) is 17.2. The Labute approximate surface area is 156 Å². The molecule has 0 radical (unpaired) electrons. The highest BCUT2D eigenvalue weighted by Crippen LogP contribution is 2.22. The van der Waals surface area contributed by atoms with E-state index >= 15 is 0 Å². The number of hydrogen-bond acceptors (Lipinski definition) is 5. The summed E-state index contributed by atoms with van der Waals surface area (Å²) in [4.78, 5) is 8.51. The van der Waals surface area contributed by atoms with Gasteiger partial charge < -0.3 is 15.1 Å². The first-order valence-corrected chi connectivity index (χ1v) is 10.8. The molecular formula is C17H31N5O3S. The Balaban J connectivity index is 1.76. The molecule has 26 heavy (non-hydrogen) atoms. The molecule has 0 spiro atoms. The SMILES string of the molecule is CN=C(NCc1ncc(C(C)(C)C)o1)NCC1CCN(S(C)(=O)=O)CC1. The Morgan fingerprint density at radius 1 is 1.35 bits per heavy atom. The Morgan fingerprint density at radius 3 is 2.50 bits per heavy atom. The van der Waals surface area contributed by atoms with Crippen LogP contribution in [0.1, 0.15) is 45.3 Å². The van der Waals surface area contributed by atoms with Crippen LogP contribution in [-0.4, -0.2) is 56.6 Å². The van der Waals surface area contributed by atoms with Gasteiger partial charge in [-0.25, -0.2) is 17.7 Å². The molecule has 8 nitrogen and oxygen atoms in total. The Bertz CT molecular complexity index is 713. The lowest BCUT2D eigenvalue weighted by molar-refractivity contribution is 0.274. The number of oxazole rings is 1. The Morgan fingerprint density at radius 2 is 2.00 bits per heavy atom. The summed E-state index contributed by atoms with van der Waals surface area (Å²) in [5.74, 6) is 2.60. The van der Waals surface area contributed by atoms with Gasteiger partial charge in [-0.1, -0.05) is 20.8 Å². The molecule has 1 fully saturated rings. The number of guanidine groups is 1. The third kappa shape index (κ3) is 5.98. The van der Waals surface area contributed by atoms with Gasteiger partial charge in [0.1, 0.15) is 5.76 Å². The standard InChI is InChI=1S/C17H31N5O3S/c1-17(2,3)14-11-19-15(25-14)12-21-16(18-4)20-10-13-6-8-22(9-7-13)26(5,23)24/h11,13H,6-10,12H2,1-5H3,(H2,18,20,21). The lowest BCUT2D eigenvalue weighted by Crippen LogP contribution is -2.43. The molecule has 0 aromatic carbocycles. The largest absolute Gasteiger partial charge is 0.443 e. The van der Waals surface area contributed by atoms with Crippen molar-refractivity contribution in [2.45, 2.75) is 45.6 Å². The van der Waals surface area contributed by atoms with Gasteiger partial charge in [-0.15, -0.1) is 0 Å². The zero-order valence-electron chi connectivity index (χ0n) is 16.4. The van der Waals surface area contributed by atoms with Gasteiger partial charge in [0.15, 0.2) is 5.96 Å². The lowest BCUT2D eigenvalue weighted by atomic mass is 9.94. The summed E-state index contributed by atoms with van der Waals surface area (Å²) in [6.07, 6.45) is 4.74. The maximum absolute atomic E-state index is 11.6. The molecule has 2 N–H and O–H groups in total. The highest BCUT2D eigenvalue weighted by Gasteiger charge is 2.25. The molecule has 0 aliphatic carbocycles. The number of hydrogen-bond donors (Lipinski definition) is 2. The summed E-state index contributed by atoms with van der Waals surface area (Å²) in [7, 11) is -1.35. The molecule has 148 valence electrons. The summed E-state index contributed by atoms with van der Waals surface area (Å²) >= 11 is 0. The van der Waals surface area contributed by atoms with Crippen LogP contribution in [0.5, 0.6) is 0 Å². The Kier molecular flexibility index (Phi) is 6.68. The van der Waals surface area contributed by atoms with E-state index in [4.69, 9.17) is 4.42 Å². The van der Waals surface area contributed by atoms with Crippen molar-refractivity contribution in [2.24, 2.45) is 10.9 Å². The van der Waals surface area contributed by atoms with E-state index in [2.05, 4.69) is 41.4 Å². The van der Waals surface area contributed by atoms with E-state index in [0.717, 1.165) is 25.1 Å². The van der Waals surface area contributed by atoms with Gasteiger partial charge in [0, 0.05) is 32.1 Å². The molecule has 0 unspecified atom stereocenters. The highest BCUT2D eigenvalue weighted by molar-refractivity contribution is 7.88. The molecule has 1 aromatic heterocycles. The number of nitrogens with zero attached hydrogens (tertiary/aromatic N) is 3. The molecule has 9 heteroatoms. The third-order valence-electron chi connectivity index (χ3n) is 4.52. The number of aliphatic imine (C=N–C) groups is 1. The predicted octanol–water partition coefficient (Wildman–Crippen LogP) is 1.31. The quantitative estimate of drug-likeness (QED) is 0.586. The fraction of sp³-hybridized carbons (Fsp3) is 0.765. The van der Waals surface area contributed by atoms with E-state index in [1.54, 1.807) is 17.5 Å². The van der Waals surface area contributed by atoms with Gasteiger partial charge >= 0.3 is 0 Å². The molecular weight excluding hydrogens is 354 g/mol. The van der Waals surface area contributed by atoms with Crippen molar-refractivity contribution in [1.29, 1.82) is 0 Å². The number of nitrogens with one attached hydrogen (secondary N) is 2. The van der Waals surface area contributed by atoms with Crippen LogP contribution in [0.2, 0.25) is 0 Å². The predicted molar refractivity (Wildman–Crippen MR) is 103 cm³/mol.